The van der Waals surface area contributed by atoms with E-state index in [0.29, 0.717) is 18.7 Å². The van der Waals surface area contributed by atoms with Crippen molar-refractivity contribution in [3.05, 3.63) is 0 Å². The summed E-state index contributed by atoms with van der Waals surface area (Å²) in [5, 5.41) is 0. The van der Waals surface area contributed by atoms with E-state index in [-0.39, 0.29) is 5.54 Å². The Morgan fingerprint density at radius 2 is 2.50 bits per heavy atom. The molecule has 0 amide bonds. The van der Waals surface area contributed by atoms with Crippen LogP contribution in [0.15, 0.2) is 4.99 Å². The minimum absolute atomic E-state index is 0.0295. The van der Waals surface area contributed by atoms with Gasteiger partial charge >= 0.3 is 0 Å². The van der Waals surface area contributed by atoms with E-state index in [0.717, 1.165) is 13.0 Å². The van der Waals surface area contributed by atoms with Crippen molar-refractivity contribution in [2.45, 2.75) is 24.9 Å². The average molecular weight is 169 g/mol. The van der Waals surface area contributed by atoms with Gasteiger partial charge in [-0.1, -0.05) is 0 Å². The van der Waals surface area contributed by atoms with Gasteiger partial charge in [-0.15, -0.1) is 0 Å². The van der Waals surface area contributed by atoms with E-state index in [1.54, 1.807) is 0 Å². The van der Waals surface area contributed by atoms with Gasteiger partial charge in [0.25, 0.3) is 6.02 Å². The van der Waals surface area contributed by atoms with Crippen molar-refractivity contribution >= 4 is 6.02 Å². The molecule has 0 aliphatic carbocycles. The molecule has 2 N–H and O–H groups in total. The van der Waals surface area contributed by atoms with Crippen molar-refractivity contribution in [2.24, 2.45) is 10.7 Å². The highest BCUT2D eigenvalue weighted by Gasteiger charge is 2.44. The van der Waals surface area contributed by atoms with E-state index in [1.807, 2.05) is 0 Å². The third-order valence-corrected chi connectivity index (χ3v) is 2.81. The van der Waals surface area contributed by atoms with E-state index >= 15 is 0 Å². The van der Waals surface area contributed by atoms with Gasteiger partial charge < -0.3 is 15.4 Å². The summed E-state index contributed by atoms with van der Waals surface area (Å²) < 4.78 is 5.19. The van der Waals surface area contributed by atoms with E-state index < -0.39 is 0 Å². The van der Waals surface area contributed by atoms with Gasteiger partial charge in [0.05, 0.1) is 0 Å². The van der Waals surface area contributed by atoms with Crippen LogP contribution in [0.5, 0.6) is 0 Å². The van der Waals surface area contributed by atoms with Crippen LogP contribution in [-0.4, -0.2) is 42.7 Å². The quantitative estimate of drug-likeness (QED) is 0.546. The number of nitrogens with two attached hydrogens (primary N) is 1. The number of ether oxygens (including phenoxy) is 1. The number of rotatable bonds is 0. The Hall–Kier alpha value is -0.770. The maximum absolute atomic E-state index is 5.49. The van der Waals surface area contributed by atoms with Crippen molar-refractivity contribution in [1.29, 1.82) is 0 Å². The Kier molecular flexibility index (Phi) is 1.54. The summed E-state index contributed by atoms with van der Waals surface area (Å²) in [5.41, 5.74) is 5.46. The fourth-order valence-corrected chi connectivity index (χ4v) is 2.08. The molecule has 1 saturated heterocycles. The molecule has 0 aromatic heterocycles. The van der Waals surface area contributed by atoms with Crippen LogP contribution in [0.1, 0.15) is 13.3 Å². The fraction of sp³-hybridized carbons (Fsp3) is 0.875. The Morgan fingerprint density at radius 3 is 2.92 bits per heavy atom. The smallest absolute Gasteiger partial charge is 0.282 e. The topological polar surface area (TPSA) is 50.9 Å². The van der Waals surface area contributed by atoms with E-state index in [1.165, 1.54) is 0 Å². The normalized spacial score (nSPS) is 41.8. The molecule has 2 atom stereocenters. The third kappa shape index (κ3) is 1.06. The summed E-state index contributed by atoms with van der Waals surface area (Å²) in [6, 6.07) is 0.945. The number of likely N-dealkylation sites (tertiary alicyclic amines) is 1. The zero-order valence-corrected chi connectivity index (χ0v) is 7.58. The highest BCUT2D eigenvalue weighted by Crippen LogP contribution is 2.32. The van der Waals surface area contributed by atoms with Crippen molar-refractivity contribution in [3.8, 4) is 0 Å². The molecule has 1 fully saturated rings. The molecule has 0 radical (unpaired) electrons. The summed E-state index contributed by atoms with van der Waals surface area (Å²) in [7, 11) is 2.11. The summed E-state index contributed by atoms with van der Waals surface area (Å²) in [6.07, 6.45) is 1.06. The monoisotopic (exact) mass is 169 g/mol. The number of hydrogen-bond donors (Lipinski definition) is 1. The predicted octanol–water partition coefficient (Wildman–Crippen LogP) is -0.206. The first-order chi connectivity index (χ1) is 5.61. The molecule has 2 aliphatic rings. The Balaban J connectivity index is 2.16. The SMILES string of the molecule is CC1CC2(COC(N)=N2)CN1C. The summed E-state index contributed by atoms with van der Waals surface area (Å²) in [4.78, 5) is 6.65. The molecule has 2 heterocycles. The predicted molar refractivity (Wildman–Crippen MR) is 47.0 cm³/mol. The molecule has 2 unspecified atom stereocenters. The van der Waals surface area contributed by atoms with Gasteiger partial charge in [0.1, 0.15) is 12.1 Å². The maximum atomic E-state index is 5.49. The summed E-state index contributed by atoms with van der Waals surface area (Å²) in [5.74, 6) is 0. The molecule has 2 rings (SSSR count). The zero-order chi connectivity index (χ0) is 8.77. The van der Waals surface area contributed by atoms with Crippen LogP contribution in [0.3, 0.4) is 0 Å². The second-order valence-corrected chi connectivity index (χ2v) is 3.93. The number of nitrogens with zero attached hydrogens (tertiary/aromatic N) is 2. The molecule has 4 nitrogen and oxygen atoms in total. The fourth-order valence-electron chi connectivity index (χ4n) is 2.08. The molecule has 0 saturated carbocycles. The molecule has 4 heteroatoms. The highest BCUT2D eigenvalue weighted by atomic mass is 16.5. The summed E-state index contributed by atoms with van der Waals surface area (Å²) in [6.45, 7) is 3.83. The Morgan fingerprint density at radius 1 is 1.75 bits per heavy atom. The first-order valence-electron chi connectivity index (χ1n) is 4.30. The van der Waals surface area contributed by atoms with Crippen molar-refractivity contribution < 1.29 is 4.74 Å². The molecule has 1 spiro atoms. The minimum Gasteiger partial charge on any atom is -0.463 e. The number of amidine groups is 1. The Labute approximate surface area is 72.4 Å². The van der Waals surface area contributed by atoms with E-state index in [2.05, 4.69) is 23.9 Å². The lowest BCUT2D eigenvalue weighted by atomic mass is 9.99. The van der Waals surface area contributed by atoms with Crippen LogP contribution >= 0.6 is 0 Å². The number of likely N-dealkylation sites (N-methyl/N-ethyl adjacent to an activating group) is 1. The van der Waals surface area contributed by atoms with Crippen molar-refractivity contribution in [1.82, 2.24) is 4.90 Å². The first-order valence-corrected chi connectivity index (χ1v) is 4.30. The van der Waals surface area contributed by atoms with Crippen molar-refractivity contribution in [3.63, 3.8) is 0 Å². The largest absolute Gasteiger partial charge is 0.463 e. The van der Waals surface area contributed by atoms with Crippen molar-refractivity contribution in [2.75, 3.05) is 20.2 Å². The molecule has 0 aromatic carbocycles. The molecular weight excluding hydrogens is 154 g/mol. The lowest BCUT2D eigenvalue weighted by molar-refractivity contribution is 0.250. The zero-order valence-electron chi connectivity index (χ0n) is 7.58. The molecule has 2 aliphatic heterocycles. The van der Waals surface area contributed by atoms with Gasteiger partial charge in [-0.2, -0.15) is 0 Å². The van der Waals surface area contributed by atoms with E-state index in [4.69, 9.17) is 10.5 Å². The third-order valence-electron chi connectivity index (χ3n) is 2.81. The van der Waals surface area contributed by atoms with Crippen LogP contribution in [0, 0.1) is 0 Å². The minimum atomic E-state index is -0.0295. The Bertz CT molecular complexity index is 216. The second-order valence-electron chi connectivity index (χ2n) is 3.93. The van der Waals surface area contributed by atoms with Crippen LogP contribution in [-0.2, 0) is 4.74 Å². The molecular formula is C8H15N3O. The van der Waals surface area contributed by atoms with Crippen LogP contribution in [0.2, 0.25) is 0 Å². The van der Waals surface area contributed by atoms with Gasteiger partial charge in [0.15, 0.2) is 0 Å². The number of aliphatic imine (C=N–C) groups is 1. The van der Waals surface area contributed by atoms with Gasteiger partial charge in [0.2, 0.25) is 0 Å². The molecule has 68 valence electrons. The highest BCUT2D eigenvalue weighted by molar-refractivity contribution is 5.73. The van der Waals surface area contributed by atoms with Crippen LogP contribution in [0.4, 0.5) is 0 Å². The first kappa shape index (κ1) is 7.86. The lowest BCUT2D eigenvalue weighted by Gasteiger charge is -2.15. The average Bonchev–Trinajstić information content (AvgIpc) is 2.42. The van der Waals surface area contributed by atoms with Gasteiger partial charge in [-0.05, 0) is 20.4 Å². The second kappa shape index (κ2) is 2.36. The van der Waals surface area contributed by atoms with Crippen LogP contribution < -0.4 is 5.73 Å². The maximum Gasteiger partial charge on any atom is 0.282 e. The summed E-state index contributed by atoms with van der Waals surface area (Å²) >= 11 is 0. The molecule has 12 heavy (non-hydrogen) atoms. The number of hydrogen-bond acceptors (Lipinski definition) is 4. The molecule has 0 bridgehead atoms. The van der Waals surface area contributed by atoms with Gasteiger partial charge in [-0.25, -0.2) is 4.99 Å². The van der Waals surface area contributed by atoms with E-state index in [9.17, 15) is 0 Å². The molecule has 0 aromatic rings. The van der Waals surface area contributed by atoms with Gasteiger partial charge in [-0.3, -0.25) is 0 Å². The standard InChI is InChI=1S/C8H15N3O/c1-6-3-8(4-11(6)2)5-12-7(9)10-8/h6H,3-5H2,1-2H3,(H2,9,10). The lowest BCUT2D eigenvalue weighted by Crippen LogP contribution is -2.31. The van der Waals surface area contributed by atoms with Gasteiger partial charge in [0, 0.05) is 12.6 Å². The van der Waals surface area contributed by atoms with Crippen LogP contribution in [0.25, 0.3) is 0 Å².